The quantitative estimate of drug-likeness (QED) is 0.126. The van der Waals surface area contributed by atoms with E-state index in [1.807, 2.05) is 80.5 Å². The molecule has 0 saturated carbocycles. The molecule has 2 aliphatic carbocycles. The molecule has 1 spiro atoms. The van der Waals surface area contributed by atoms with Crippen LogP contribution in [0.3, 0.4) is 0 Å². The number of aromatic nitrogens is 6. The second-order valence-corrected chi connectivity index (χ2v) is 42.0. The van der Waals surface area contributed by atoms with Gasteiger partial charge in [-0.15, -0.1) is 0 Å². The van der Waals surface area contributed by atoms with E-state index in [4.69, 9.17) is 57.9 Å². The number of fused-ring (bicyclic) bond motifs is 31. The Morgan fingerprint density at radius 2 is 1.00 bits per heavy atom. The highest BCUT2D eigenvalue weighted by Gasteiger charge is 2.66. The molecule has 6 fully saturated rings. The van der Waals surface area contributed by atoms with Crippen LogP contribution in [-0.4, -0.2) is 141 Å². The van der Waals surface area contributed by atoms with E-state index in [9.17, 15) is 29.1 Å². The Morgan fingerprint density at radius 1 is 0.550 bits per heavy atom. The van der Waals surface area contributed by atoms with Gasteiger partial charge in [-0.05, 0) is 237 Å². The molecule has 6 amide bonds. The lowest BCUT2D eigenvalue weighted by Gasteiger charge is -2.39. The minimum atomic E-state index is -1.03. The molecule has 4 bridgehead atoms. The number of pyridine rings is 2. The van der Waals surface area contributed by atoms with Crippen molar-refractivity contribution in [1.82, 2.24) is 53.6 Å². The molecular weight excluding hydrogens is 1890 g/mol. The molecule has 10 aliphatic heterocycles. The Morgan fingerprint density at radius 3 is 1.50 bits per heavy atom. The summed E-state index contributed by atoms with van der Waals surface area (Å²) in [5.74, 6) is 2.03. The second kappa shape index (κ2) is 32.0. The van der Waals surface area contributed by atoms with E-state index >= 15 is 0 Å². The summed E-state index contributed by atoms with van der Waals surface area (Å²) in [4.78, 5) is 78.3. The number of nitrogens with zero attached hydrogens (tertiary/aromatic N) is 9. The summed E-state index contributed by atoms with van der Waals surface area (Å²) >= 11 is 24.0. The molecule has 5 N–H and O–H groups in total. The zero-order valence-electron chi connectivity index (χ0n) is 73.9. The van der Waals surface area contributed by atoms with Crippen molar-refractivity contribution in [1.29, 1.82) is 0 Å². The first-order valence-corrected chi connectivity index (χ1v) is 49.5. The van der Waals surface area contributed by atoms with Crippen LogP contribution >= 0.6 is 71.0 Å². The van der Waals surface area contributed by atoms with Crippen LogP contribution in [0.1, 0.15) is 205 Å². The lowest BCUT2D eigenvalue weighted by atomic mass is 9.76. The van der Waals surface area contributed by atoms with Gasteiger partial charge in [0.1, 0.15) is 23.7 Å². The normalized spacial score (nSPS) is 25.2. The predicted octanol–water partition coefficient (Wildman–Crippen LogP) is 21.0. The lowest BCUT2D eigenvalue weighted by Crippen LogP contribution is -2.52. The molecule has 131 heavy (non-hydrogen) atoms. The van der Waals surface area contributed by atoms with Gasteiger partial charge in [-0.2, -0.15) is 0 Å². The van der Waals surface area contributed by atoms with Crippen molar-refractivity contribution in [3.63, 3.8) is 0 Å². The van der Waals surface area contributed by atoms with Crippen molar-refractivity contribution in [2.75, 3.05) is 45.9 Å². The van der Waals surface area contributed by atoms with Gasteiger partial charge < -0.3 is 73.4 Å². The number of urea groups is 1. The molecule has 16 heterocycles. The van der Waals surface area contributed by atoms with Crippen LogP contribution in [0.2, 0.25) is 10.0 Å². The minimum Gasteiger partial charge on any atom is -0.385 e. The number of hydrogen-bond donors (Lipinski definition) is 4. The SMILES string of the molecule is CC(=O)N1CCC([C@H]2c3ncc(Br)cc3CCc3cc(Cl)cc(Br)c32)CC1.CC1OC[C@]2(C[C@H]3O[C@]2(C)n2c4ccccc4c4c5c(c6c7ccccc7n3c6c42)C(=O)NC5)O1.CC[C@@]1(O)C[C@H]2O[C@]1(C)n1c3ccccc3c3c4c(c5c6ccccc6n2c5c31)C(=O)NC4.Cc1cnc2c(c1)CCc1cc(Cl)cc(Br)c1[C@H]2C1CCN(C(=O)CC2CCN(C(N)=O)CC2)CC1. The molecule has 9 atom stereocenters. The Balaban J connectivity index is 0.0000000998. The first-order chi connectivity index (χ1) is 63.2. The number of carbonyl (C=O) groups excluding carboxylic acids is 5. The van der Waals surface area contributed by atoms with E-state index in [1.54, 1.807) is 11.8 Å². The van der Waals surface area contributed by atoms with Crippen molar-refractivity contribution < 1.29 is 48.0 Å². The number of likely N-dealkylation sites (tertiary alicyclic amines) is 3. The minimum absolute atomic E-state index is 0.000919. The van der Waals surface area contributed by atoms with Crippen LogP contribution in [0.15, 0.2) is 159 Å². The van der Waals surface area contributed by atoms with Crippen molar-refractivity contribution >= 4 is 188 Å². The molecule has 672 valence electrons. The highest BCUT2D eigenvalue weighted by atomic mass is 79.9. The van der Waals surface area contributed by atoms with E-state index in [0.717, 1.165) is 223 Å². The third-order valence-corrected chi connectivity index (χ3v) is 33.8. The molecule has 6 saturated heterocycles. The number of piperidine rings is 3. The molecule has 1 unspecified atom stereocenters. The van der Waals surface area contributed by atoms with Gasteiger partial charge in [-0.3, -0.25) is 29.1 Å². The number of amides is 6. The van der Waals surface area contributed by atoms with Gasteiger partial charge in [0, 0.05) is 169 Å². The summed E-state index contributed by atoms with van der Waals surface area (Å²) in [7, 11) is 0. The number of aliphatic hydroxyl groups is 1. The van der Waals surface area contributed by atoms with Crippen LogP contribution in [0, 0.1) is 24.7 Å². The number of halogens is 5. The third-order valence-electron chi connectivity index (χ3n) is 31.7. The van der Waals surface area contributed by atoms with Crippen molar-refractivity contribution in [2.24, 2.45) is 23.5 Å². The maximum Gasteiger partial charge on any atom is 0.314 e. The number of benzene rings is 8. The van der Waals surface area contributed by atoms with Crippen molar-refractivity contribution in [3.8, 4) is 0 Å². The molecule has 6 aromatic heterocycles. The zero-order chi connectivity index (χ0) is 90.1. The molecule has 27 heteroatoms. The Bertz CT molecular complexity index is 7270. The average Bonchev–Trinajstić information content (AvgIpc) is 1.45. The molecule has 26 rings (SSSR count). The molecule has 12 aliphatic rings. The van der Waals surface area contributed by atoms with Gasteiger partial charge in [-0.1, -0.05) is 141 Å². The second-order valence-electron chi connectivity index (χ2n) is 38.5. The van der Waals surface area contributed by atoms with Crippen LogP contribution in [0.5, 0.6) is 0 Å². The number of primary amides is 1. The van der Waals surface area contributed by atoms with Gasteiger partial charge in [0.15, 0.2) is 17.7 Å². The number of rotatable bonds is 5. The number of carbonyl (C=O) groups is 5. The van der Waals surface area contributed by atoms with Gasteiger partial charge in [-0.25, -0.2) is 4.79 Å². The fourth-order valence-corrected chi connectivity index (χ4v) is 28.1. The smallest absolute Gasteiger partial charge is 0.314 e. The van der Waals surface area contributed by atoms with E-state index in [-0.39, 0.29) is 60.2 Å². The number of aryl methyl sites for hydroxylation is 5. The highest BCUT2D eigenvalue weighted by Crippen LogP contribution is 2.63. The fourth-order valence-electron chi connectivity index (χ4n) is 25.5. The molecular formula is C104H101Br3Cl2N12O10. The van der Waals surface area contributed by atoms with Crippen molar-refractivity contribution in [3.05, 3.63) is 242 Å². The average molecular weight is 1990 g/mol. The van der Waals surface area contributed by atoms with Crippen LogP contribution in [-0.2, 0) is 78.8 Å². The van der Waals surface area contributed by atoms with Crippen LogP contribution in [0.25, 0.3) is 87.2 Å². The predicted molar refractivity (Wildman–Crippen MR) is 519 cm³/mol. The largest absolute Gasteiger partial charge is 0.385 e. The summed E-state index contributed by atoms with van der Waals surface area (Å²) < 4.78 is 38.8. The fraction of sp³-hybridized carbons (Fsp3) is 0.394. The first kappa shape index (κ1) is 85.4. The highest BCUT2D eigenvalue weighted by molar-refractivity contribution is 9.11. The van der Waals surface area contributed by atoms with Gasteiger partial charge in [0.25, 0.3) is 11.8 Å². The van der Waals surface area contributed by atoms with Gasteiger partial charge >= 0.3 is 6.03 Å². The molecule has 22 nitrogen and oxygen atoms in total. The third kappa shape index (κ3) is 13.1. The number of para-hydroxylation sites is 4. The summed E-state index contributed by atoms with van der Waals surface area (Å²) in [5.41, 5.74) is 25.6. The summed E-state index contributed by atoms with van der Waals surface area (Å²) in [5, 5.41) is 28.3. The topological polar surface area (TPSA) is 248 Å². The summed E-state index contributed by atoms with van der Waals surface area (Å²) in [6.45, 7) is 17.9. The summed E-state index contributed by atoms with van der Waals surface area (Å²) in [6.07, 6.45) is 14.8. The standard InChI is InChI=1S/C28H34BrClN4O2.C28H23N3O4.C27H23N3O3.C21H21Br2ClN2O/c1-17-12-21-3-2-20-14-22(30)15-23(29)25(20)26(27(21)32-16-17)19-6-10-33(11-7-19)24(35)13-18-4-8-34(9-5-18)28(31)36;1-14-33-13-28(34-14)11-20-30-18-9-5-3-7-15(18)22-23-17(12-29-26(23)32)21-16-8-4-6-10-19(16)31(25(21)24(22)30)27(28,2)35-20;1-3-27(32)12-19-29-17-10-6-4-8-14(17)21-22-16(13-28-25(22)31)20-15-9-5-7-11-18(15)30(24(20)23(21)29)26(27,2)33-19;1-12(27)26-6-4-13(5-7-26)20-19-14(9-17(24)10-18(19)23)2-3-15-8-16(22)11-25-21(15)20/h12,14-16,18-19,26H,2-11,13H2,1H3,(H2,31,36);3-10,14,20H,11-13H2,1-2H3,(H,29,32);4-11,19,32H,3,12-13H2,1-2H3,(H,28,31);8-11,13,20H,2-7H2,1H3/t26-;14?,20-,27+,28+;19-,26+,27-;20-/m1111/s1. The monoisotopic (exact) mass is 1980 g/mol. The molecule has 14 aromatic rings. The molecule has 0 radical (unpaired) electrons. The van der Waals surface area contributed by atoms with E-state index < -0.39 is 22.7 Å². The van der Waals surface area contributed by atoms with Crippen molar-refractivity contribution in [2.45, 2.75) is 198 Å². The number of ether oxygens (including phenoxy) is 4. The summed E-state index contributed by atoms with van der Waals surface area (Å²) in [6, 6.07) is 45.8. The Hall–Kier alpha value is -9.77. The number of hydrogen-bond acceptors (Lipinski definition) is 12. The van der Waals surface area contributed by atoms with Gasteiger partial charge in [0.05, 0.1) is 73.3 Å². The lowest BCUT2D eigenvalue weighted by molar-refractivity contribution is -0.190. The Kier molecular flexibility index (Phi) is 20.8. The van der Waals surface area contributed by atoms with E-state index in [2.05, 4.69) is 186 Å². The van der Waals surface area contributed by atoms with Crippen LogP contribution < -0.4 is 16.4 Å². The number of nitrogens with one attached hydrogen (secondary N) is 2. The van der Waals surface area contributed by atoms with Crippen LogP contribution in [0.4, 0.5) is 4.79 Å². The first-order valence-electron chi connectivity index (χ1n) is 46.3. The molecule has 8 aromatic carbocycles. The Labute approximate surface area is 792 Å². The maximum atomic E-state index is 13.3. The number of nitrogens with two attached hydrogens (primary N) is 1. The van der Waals surface area contributed by atoms with E-state index in [0.29, 0.717) is 76.2 Å². The van der Waals surface area contributed by atoms with Gasteiger partial charge in [0.2, 0.25) is 11.8 Å². The van der Waals surface area contributed by atoms with E-state index in [1.165, 1.54) is 50.3 Å². The maximum absolute atomic E-state index is 13.3. The zero-order valence-corrected chi connectivity index (χ0v) is 80.1.